The number of nitrogens with one attached hydrogen (secondary N) is 2. The van der Waals surface area contributed by atoms with E-state index in [1.54, 1.807) is 11.8 Å². The maximum atomic E-state index is 12.1. The number of aliphatic hydroxyl groups is 1. The Kier molecular flexibility index (Phi) is 4.36. The van der Waals surface area contributed by atoms with Crippen molar-refractivity contribution in [2.24, 2.45) is 0 Å². The molecule has 4 nitrogen and oxygen atoms in total. The molecule has 1 aliphatic heterocycles. The quantitative estimate of drug-likeness (QED) is 0.811. The molecule has 3 rings (SSSR count). The second kappa shape index (κ2) is 6.42. The lowest BCUT2D eigenvalue weighted by Crippen LogP contribution is -2.42. The maximum Gasteiger partial charge on any atom is 0.257 e. The normalized spacial score (nSPS) is 20.6. The maximum absolute atomic E-state index is 12.1. The van der Waals surface area contributed by atoms with E-state index in [1.807, 2.05) is 54.6 Å². The fourth-order valence-electron chi connectivity index (χ4n) is 2.31. The van der Waals surface area contributed by atoms with Crippen LogP contribution in [-0.2, 0) is 4.79 Å². The van der Waals surface area contributed by atoms with Crippen LogP contribution in [0.5, 0.6) is 0 Å². The fourth-order valence-corrected chi connectivity index (χ4v) is 3.55. The van der Waals surface area contributed by atoms with Crippen molar-refractivity contribution in [2.75, 3.05) is 22.1 Å². The van der Waals surface area contributed by atoms with Crippen molar-refractivity contribution in [1.29, 1.82) is 0 Å². The Morgan fingerprint density at radius 1 is 1.00 bits per heavy atom. The molecule has 2 aromatic rings. The molecule has 0 radical (unpaired) electrons. The SMILES string of the molecule is O=C(Nc1ccc(Nc2ccccc2)cc1)C1(O)CCSC1. The third kappa shape index (κ3) is 3.43. The smallest absolute Gasteiger partial charge is 0.257 e. The molecule has 1 heterocycles. The number of rotatable bonds is 4. The largest absolute Gasteiger partial charge is 0.379 e. The third-order valence-electron chi connectivity index (χ3n) is 3.63. The molecule has 0 bridgehead atoms. The van der Waals surface area contributed by atoms with Crippen LogP contribution in [0, 0.1) is 0 Å². The van der Waals surface area contributed by atoms with Gasteiger partial charge in [0.2, 0.25) is 0 Å². The van der Waals surface area contributed by atoms with Gasteiger partial charge in [0.25, 0.3) is 5.91 Å². The van der Waals surface area contributed by atoms with Gasteiger partial charge < -0.3 is 15.7 Å². The van der Waals surface area contributed by atoms with Crippen molar-refractivity contribution in [3.05, 3.63) is 54.6 Å². The number of benzene rings is 2. The van der Waals surface area contributed by atoms with Gasteiger partial charge in [-0.1, -0.05) is 18.2 Å². The lowest BCUT2D eigenvalue weighted by molar-refractivity contribution is -0.131. The van der Waals surface area contributed by atoms with Crippen LogP contribution in [0.3, 0.4) is 0 Å². The van der Waals surface area contributed by atoms with Crippen LogP contribution in [0.4, 0.5) is 17.1 Å². The summed E-state index contributed by atoms with van der Waals surface area (Å²) in [4.78, 5) is 12.1. The van der Waals surface area contributed by atoms with Gasteiger partial charge in [-0.15, -0.1) is 0 Å². The molecule has 2 aromatic carbocycles. The summed E-state index contributed by atoms with van der Waals surface area (Å²) in [6, 6.07) is 17.3. The van der Waals surface area contributed by atoms with Gasteiger partial charge in [0.1, 0.15) is 0 Å². The Labute approximate surface area is 133 Å². The predicted octanol–water partition coefficient (Wildman–Crippen LogP) is 3.24. The lowest BCUT2D eigenvalue weighted by Gasteiger charge is -2.20. The zero-order chi connectivity index (χ0) is 15.4. The average Bonchev–Trinajstić information content (AvgIpc) is 2.98. The number of thioether (sulfide) groups is 1. The number of hydrogen-bond acceptors (Lipinski definition) is 4. The zero-order valence-electron chi connectivity index (χ0n) is 12.1. The second-order valence-electron chi connectivity index (χ2n) is 5.36. The molecule has 0 saturated carbocycles. The summed E-state index contributed by atoms with van der Waals surface area (Å²) < 4.78 is 0. The second-order valence-corrected chi connectivity index (χ2v) is 6.46. The van der Waals surface area contributed by atoms with Gasteiger partial charge in [0, 0.05) is 22.8 Å². The highest BCUT2D eigenvalue weighted by Gasteiger charge is 2.39. The monoisotopic (exact) mass is 314 g/mol. The van der Waals surface area contributed by atoms with Crippen LogP contribution in [0.25, 0.3) is 0 Å². The van der Waals surface area contributed by atoms with Crippen molar-refractivity contribution in [3.63, 3.8) is 0 Å². The summed E-state index contributed by atoms with van der Waals surface area (Å²) in [6.45, 7) is 0. The van der Waals surface area contributed by atoms with E-state index >= 15 is 0 Å². The lowest BCUT2D eigenvalue weighted by atomic mass is 10.0. The number of carbonyl (C=O) groups excluding carboxylic acids is 1. The number of para-hydroxylation sites is 1. The van der Waals surface area contributed by atoms with Gasteiger partial charge in [-0.2, -0.15) is 11.8 Å². The van der Waals surface area contributed by atoms with E-state index < -0.39 is 5.60 Å². The molecule has 22 heavy (non-hydrogen) atoms. The van der Waals surface area contributed by atoms with Crippen molar-refractivity contribution in [1.82, 2.24) is 0 Å². The molecule has 1 saturated heterocycles. The molecule has 3 N–H and O–H groups in total. The van der Waals surface area contributed by atoms with Crippen LogP contribution in [0.15, 0.2) is 54.6 Å². The molecule has 1 fully saturated rings. The predicted molar refractivity (Wildman–Crippen MR) is 91.7 cm³/mol. The first-order valence-corrected chi connectivity index (χ1v) is 8.35. The van der Waals surface area contributed by atoms with Crippen molar-refractivity contribution >= 4 is 34.7 Å². The molecule has 5 heteroatoms. The Morgan fingerprint density at radius 2 is 1.64 bits per heavy atom. The van der Waals surface area contributed by atoms with Gasteiger partial charge >= 0.3 is 0 Å². The van der Waals surface area contributed by atoms with Gasteiger partial charge in [-0.05, 0) is 48.6 Å². The molecular weight excluding hydrogens is 296 g/mol. The van der Waals surface area contributed by atoms with E-state index in [-0.39, 0.29) is 5.91 Å². The van der Waals surface area contributed by atoms with Crippen molar-refractivity contribution in [2.45, 2.75) is 12.0 Å². The molecule has 114 valence electrons. The van der Waals surface area contributed by atoms with Crippen LogP contribution in [0.1, 0.15) is 6.42 Å². The van der Waals surface area contributed by atoms with Crippen molar-refractivity contribution < 1.29 is 9.90 Å². The van der Waals surface area contributed by atoms with Crippen LogP contribution >= 0.6 is 11.8 Å². The Bertz CT molecular complexity index is 637. The van der Waals surface area contributed by atoms with E-state index in [4.69, 9.17) is 0 Å². The molecule has 1 amide bonds. The highest BCUT2D eigenvalue weighted by molar-refractivity contribution is 7.99. The van der Waals surface area contributed by atoms with Gasteiger partial charge in [0.15, 0.2) is 5.60 Å². The minimum Gasteiger partial charge on any atom is -0.379 e. The molecule has 0 spiro atoms. The molecule has 0 aromatic heterocycles. The summed E-state index contributed by atoms with van der Waals surface area (Å²) in [5, 5.41) is 16.3. The first-order chi connectivity index (χ1) is 10.7. The summed E-state index contributed by atoms with van der Waals surface area (Å²) >= 11 is 1.60. The Balaban J connectivity index is 1.63. The molecule has 1 unspecified atom stereocenters. The van der Waals surface area contributed by atoms with E-state index in [0.717, 1.165) is 17.1 Å². The number of hydrogen-bond donors (Lipinski definition) is 3. The minimum atomic E-state index is -1.23. The van der Waals surface area contributed by atoms with Gasteiger partial charge in [-0.25, -0.2) is 0 Å². The van der Waals surface area contributed by atoms with Gasteiger partial charge in [0.05, 0.1) is 0 Å². The van der Waals surface area contributed by atoms with E-state index in [2.05, 4.69) is 10.6 Å². The zero-order valence-corrected chi connectivity index (χ0v) is 12.9. The number of anilines is 3. The van der Waals surface area contributed by atoms with Crippen molar-refractivity contribution in [3.8, 4) is 0 Å². The standard InChI is InChI=1S/C17H18N2O2S/c20-16(17(21)10-11-22-12-17)19-15-8-6-14(7-9-15)18-13-4-2-1-3-5-13/h1-9,18,21H,10-12H2,(H,19,20). The first kappa shape index (κ1) is 14.9. The third-order valence-corrected chi connectivity index (χ3v) is 4.80. The van der Waals surface area contributed by atoms with Crippen LogP contribution in [0.2, 0.25) is 0 Å². The number of amides is 1. The highest BCUT2D eigenvalue weighted by atomic mass is 32.2. The van der Waals surface area contributed by atoms with Crippen LogP contribution < -0.4 is 10.6 Å². The minimum absolute atomic E-state index is 0.318. The topological polar surface area (TPSA) is 61.4 Å². The summed E-state index contributed by atoms with van der Waals surface area (Å²) in [5.74, 6) is 0.970. The highest BCUT2D eigenvalue weighted by Crippen LogP contribution is 2.29. The molecule has 1 aliphatic rings. The molecule has 0 aliphatic carbocycles. The Morgan fingerprint density at radius 3 is 2.27 bits per heavy atom. The number of carbonyl (C=O) groups is 1. The fraction of sp³-hybridized carbons (Fsp3) is 0.235. The van der Waals surface area contributed by atoms with E-state index in [0.29, 0.717) is 17.9 Å². The van der Waals surface area contributed by atoms with Gasteiger partial charge in [-0.3, -0.25) is 4.79 Å². The Hall–Kier alpha value is -1.98. The van der Waals surface area contributed by atoms with E-state index in [9.17, 15) is 9.90 Å². The first-order valence-electron chi connectivity index (χ1n) is 7.19. The van der Waals surface area contributed by atoms with Crippen LogP contribution in [-0.4, -0.2) is 28.1 Å². The summed E-state index contributed by atoms with van der Waals surface area (Å²) in [5.41, 5.74) is 1.41. The summed E-state index contributed by atoms with van der Waals surface area (Å²) in [6.07, 6.45) is 0.511. The average molecular weight is 314 g/mol. The van der Waals surface area contributed by atoms with E-state index in [1.165, 1.54) is 0 Å². The summed E-state index contributed by atoms with van der Waals surface area (Å²) in [7, 11) is 0. The molecule has 1 atom stereocenters. The molecular formula is C17H18N2O2S.